The minimum Gasteiger partial charge on any atom is -0.300 e. The minimum absolute atomic E-state index is 0.539. The largest absolute Gasteiger partial charge is 0.300 e. The van der Waals surface area contributed by atoms with E-state index in [1.807, 2.05) is 64.1 Å². The fraction of sp³-hybridized carbons (Fsp3) is 0. The Labute approximate surface area is 161 Å². The van der Waals surface area contributed by atoms with E-state index in [-0.39, 0.29) is 0 Å². The first-order valence-corrected chi connectivity index (χ1v) is 8.75. The van der Waals surface area contributed by atoms with E-state index in [1.165, 1.54) is 0 Å². The van der Waals surface area contributed by atoms with Crippen molar-refractivity contribution in [1.29, 1.82) is 5.26 Å². The number of aromatic nitrogens is 5. The first-order valence-electron chi connectivity index (χ1n) is 8.75. The van der Waals surface area contributed by atoms with Crippen molar-refractivity contribution in [3.63, 3.8) is 0 Å². The molecule has 28 heavy (non-hydrogen) atoms. The van der Waals surface area contributed by atoms with Gasteiger partial charge in [0.25, 0.3) is 0 Å². The summed E-state index contributed by atoms with van der Waals surface area (Å²) < 4.78 is 3.88. The standard InChI is InChI=1S/C22H14N6/c23-12-16-9-19(14-24-13-16)17-5-8-27-21(15-25-22(27)11-17)18-3-1-4-20(10-18)28-7-2-6-26-28/h1-11,13-15H. The van der Waals surface area contributed by atoms with Crippen molar-refractivity contribution in [2.75, 3.05) is 0 Å². The second kappa shape index (κ2) is 6.49. The zero-order valence-corrected chi connectivity index (χ0v) is 14.8. The summed E-state index contributed by atoms with van der Waals surface area (Å²) in [7, 11) is 0. The monoisotopic (exact) mass is 362 g/mol. The van der Waals surface area contributed by atoms with Crippen LogP contribution in [0.15, 0.2) is 85.7 Å². The van der Waals surface area contributed by atoms with E-state index in [4.69, 9.17) is 5.26 Å². The highest BCUT2D eigenvalue weighted by Crippen LogP contribution is 2.26. The van der Waals surface area contributed by atoms with E-state index < -0.39 is 0 Å². The van der Waals surface area contributed by atoms with Gasteiger partial charge in [-0.05, 0) is 42.0 Å². The van der Waals surface area contributed by atoms with Crippen LogP contribution < -0.4 is 0 Å². The Morgan fingerprint density at radius 1 is 0.857 bits per heavy atom. The van der Waals surface area contributed by atoms with E-state index in [9.17, 15) is 0 Å². The second-order valence-electron chi connectivity index (χ2n) is 6.36. The summed E-state index contributed by atoms with van der Waals surface area (Å²) in [5.74, 6) is 0. The number of hydrogen-bond donors (Lipinski definition) is 0. The highest BCUT2D eigenvalue weighted by Gasteiger charge is 2.09. The Kier molecular flexibility index (Phi) is 3.70. The average molecular weight is 362 g/mol. The molecule has 6 nitrogen and oxygen atoms in total. The quantitative estimate of drug-likeness (QED) is 0.484. The smallest absolute Gasteiger partial charge is 0.137 e. The lowest BCUT2D eigenvalue weighted by molar-refractivity contribution is 0.881. The number of nitriles is 1. The van der Waals surface area contributed by atoms with Gasteiger partial charge in [-0.3, -0.25) is 9.38 Å². The van der Waals surface area contributed by atoms with Gasteiger partial charge in [-0.25, -0.2) is 9.67 Å². The lowest BCUT2D eigenvalue weighted by atomic mass is 10.1. The Bertz CT molecular complexity index is 1320. The first kappa shape index (κ1) is 16.0. The summed E-state index contributed by atoms with van der Waals surface area (Å²) in [5, 5.41) is 13.4. The van der Waals surface area contributed by atoms with E-state index >= 15 is 0 Å². The van der Waals surface area contributed by atoms with Crippen LogP contribution in [0, 0.1) is 11.3 Å². The Morgan fingerprint density at radius 3 is 2.68 bits per heavy atom. The van der Waals surface area contributed by atoms with Gasteiger partial charge < -0.3 is 0 Å². The van der Waals surface area contributed by atoms with Crippen molar-refractivity contribution in [2.24, 2.45) is 0 Å². The molecule has 0 aliphatic carbocycles. The number of pyridine rings is 2. The third-order valence-corrected chi connectivity index (χ3v) is 4.62. The molecule has 4 aromatic heterocycles. The van der Waals surface area contributed by atoms with Crippen LogP contribution in [0.5, 0.6) is 0 Å². The number of benzene rings is 1. The molecule has 132 valence electrons. The van der Waals surface area contributed by atoms with Gasteiger partial charge >= 0.3 is 0 Å². The lowest BCUT2D eigenvalue weighted by Gasteiger charge is -2.07. The number of nitrogens with zero attached hydrogens (tertiary/aromatic N) is 6. The van der Waals surface area contributed by atoms with E-state index in [1.54, 1.807) is 18.6 Å². The average Bonchev–Trinajstić information content (AvgIpc) is 3.43. The van der Waals surface area contributed by atoms with Crippen molar-refractivity contribution in [3.8, 4) is 34.1 Å². The number of hydrogen-bond acceptors (Lipinski definition) is 4. The van der Waals surface area contributed by atoms with Crippen LogP contribution in [0.2, 0.25) is 0 Å². The Morgan fingerprint density at radius 2 is 1.82 bits per heavy atom. The molecule has 5 aromatic rings. The van der Waals surface area contributed by atoms with Gasteiger partial charge in [0, 0.05) is 42.1 Å². The molecule has 1 aromatic carbocycles. The molecule has 0 bridgehead atoms. The van der Waals surface area contributed by atoms with Gasteiger partial charge in [0.2, 0.25) is 0 Å². The van der Waals surface area contributed by atoms with E-state index in [0.29, 0.717) is 5.56 Å². The summed E-state index contributed by atoms with van der Waals surface area (Å²) in [6.45, 7) is 0. The molecule has 0 spiro atoms. The van der Waals surface area contributed by atoms with Gasteiger partial charge in [-0.2, -0.15) is 10.4 Å². The fourth-order valence-electron chi connectivity index (χ4n) is 3.26. The van der Waals surface area contributed by atoms with E-state index in [2.05, 4.69) is 33.3 Å². The van der Waals surface area contributed by atoms with E-state index in [0.717, 1.165) is 33.7 Å². The van der Waals surface area contributed by atoms with Crippen LogP contribution in [-0.4, -0.2) is 24.1 Å². The molecule has 0 atom stereocenters. The molecular weight excluding hydrogens is 348 g/mol. The maximum absolute atomic E-state index is 9.09. The maximum Gasteiger partial charge on any atom is 0.137 e. The van der Waals surface area contributed by atoms with Crippen LogP contribution >= 0.6 is 0 Å². The number of fused-ring (bicyclic) bond motifs is 1. The molecule has 0 fully saturated rings. The summed E-state index contributed by atoms with van der Waals surface area (Å²) in [6.07, 6.45) is 10.9. The topological polar surface area (TPSA) is 71.8 Å². The predicted molar refractivity (Wildman–Crippen MR) is 106 cm³/mol. The van der Waals surface area contributed by atoms with Crippen LogP contribution in [0.25, 0.3) is 33.7 Å². The van der Waals surface area contributed by atoms with Gasteiger partial charge in [-0.15, -0.1) is 0 Å². The van der Waals surface area contributed by atoms with Crippen molar-refractivity contribution >= 4 is 5.65 Å². The van der Waals surface area contributed by atoms with Crippen molar-refractivity contribution in [2.45, 2.75) is 0 Å². The molecule has 0 N–H and O–H groups in total. The summed E-state index contributed by atoms with van der Waals surface area (Å²) >= 11 is 0. The zero-order valence-electron chi connectivity index (χ0n) is 14.8. The van der Waals surface area contributed by atoms with Gasteiger partial charge in [-0.1, -0.05) is 12.1 Å². The molecule has 0 saturated heterocycles. The minimum atomic E-state index is 0.539. The second-order valence-corrected chi connectivity index (χ2v) is 6.36. The van der Waals surface area contributed by atoms with Crippen molar-refractivity contribution in [3.05, 3.63) is 91.3 Å². The highest BCUT2D eigenvalue weighted by atomic mass is 15.3. The zero-order chi connectivity index (χ0) is 18.9. The SMILES string of the molecule is N#Cc1cncc(-c2ccn3c(-c4cccc(-n5cccn5)c4)cnc3c2)c1. The van der Waals surface area contributed by atoms with Crippen molar-refractivity contribution in [1.82, 2.24) is 24.1 Å². The predicted octanol–water partition coefficient (Wildman–Crippen LogP) is 4.12. The van der Waals surface area contributed by atoms with Crippen LogP contribution in [-0.2, 0) is 0 Å². The maximum atomic E-state index is 9.09. The van der Waals surface area contributed by atoms with Gasteiger partial charge in [0.05, 0.1) is 23.1 Å². The summed E-state index contributed by atoms with van der Waals surface area (Å²) in [4.78, 5) is 8.71. The third kappa shape index (κ3) is 2.72. The molecule has 0 aliphatic heterocycles. The Hall–Kier alpha value is -4.24. The summed E-state index contributed by atoms with van der Waals surface area (Å²) in [5.41, 5.74) is 6.29. The number of imidazole rings is 1. The molecular formula is C22H14N6. The molecule has 0 radical (unpaired) electrons. The molecule has 4 heterocycles. The Balaban J connectivity index is 1.58. The van der Waals surface area contributed by atoms with Crippen LogP contribution in [0.3, 0.4) is 0 Å². The summed E-state index contributed by atoms with van der Waals surface area (Å²) in [6, 6.07) is 18.0. The first-order chi connectivity index (χ1) is 13.8. The molecule has 0 aliphatic rings. The number of rotatable bonds is 3. The third-order valence-electron chi connectivity index (χ3n) is 4.62. The highest BCUT2D eigenvalue weighted by molar-refractivity contribution is 5.71. The van der Waals surface area contributed by atoms with Gasteiger partial charge in [0.1, 0.15) is 11.7 Å². The lowest BCUT2D eigenvalue weighted by Crippen LogP contribution is -1.95. The molecule has 0 saturated carbocycles. The van der Waals surface area contributed by atoms with Gasteiger partial charge in [0.15, 0.2) is 0 Å². The molecule has 0 unspecified atom stereocenters. The fourth-order valence-corrected chi connectivity index (χ4v) is 3.26. The molecule has 0 amide bonds. The van der Waals surface area contributed by atoms with Crippen LogP contribution in [0.4, 0.5) is 0 Å². The molecule has 6 heteroatoms. The normalized spacial score (nSPS) is 10.8. The van der Waals surface area contributed by atoms with Crippen molar-refractivity contribution < 1.29 is 0 Å². The van der Waals surface area contributed by atoms with Crippen LogP contribution in [0.1, 0.15) is 5.56 Å². The molecule has 5 rings (SSSR count).